The van der Waals surface area contributed by atoms with E-state index in [-0.39, 0.29) is 31.8 Å². The molecule has 0 bridgehead atoms. The maximum absolute atomic E-state index is 12.4. The van der Waals surface area contributed by atoms with Gasteiger partial charge in [-0.3, -0.25) is 4.79 Å². The lowest BCUT2D eigenvalue weighted by Crippen LogP contribution is -2.42. The molecule has 160 valence electrons. The molecule has 3 N–H and O–H groups in total. The number of hydrogen-bond donors (Lipinski definition) is 2. The molecule has 0 aromatic heterocycles. The Labute approximate surface area is 176 Å². The quantitative estimate of drug-likeness (QED) is 0.251. The van der Waals surface area contributed by atoms with Crippen LogP contribution in [0.2, 0.25) is 0 Å². The van der Waals surface area contributed by atoms with Crippen molar-refractivity contribution in [3.63, 3.8) is 0 Å². The van der Waals surface area contributed by atoms with E-state index in [1.165, 1.54) is 0 Å². The zero-order valence-corrected chi connectivity index (χ0v) is 17.1. The normalized spacial score (nSPS) is 11.4. The van der Waals surface area contributed by atoms with Crippen LogP contribution >= 0.6 is 0 Å². The maximum atomic E-state index is 12.4. The lowest BCUT2D eigenvalue weighted by molar-refractivity contribution is -0.146. The number of carbonyl (C=O) groups is 3. The Morgan fingerprint density at radius 2 is 1.70 bits per heavy atom. The fraction of sp³-hybridized carbons (Fsp3) is 0.348. The second-order valence-electron chi connectivity index (χ2n) is 6.86. The monoisotopic (exact) mass is 412 g/mol. The maximum Gasteiger partial charge on any atom is 0.408 e. The van der Waals surface area contributed by atoms with E-state index in [2.05, 4.69) is 5.32 Å². The first-order valence-electron chi connectivity index (χ1n) is 10.0. The van der Waals surface area contributed by atoms with Crippen LogP contribution in [0.25, 0.3) is 0 Å². The summed E-state index contributed by atoms with van der Waals surface area (Å²) in [6.45, 7) is 2.32. The topological polar surface area (TPSA) is 108 Å². The van der Waals surface area contributed by atoms with Crippen LogP contribution in [0.4, 0.5) is 10.5 Å². The number of alkyl carbamates (subject to hydrolysis) is 1. The number of anilines is 1. The van der Waals surface area contributed by atoms with Gasteiger partial charge in [-0.05, 0) is 42.7 Å². The predicted molar refractivity (Wildman–Crippen MR) is 114 cm³/mol. The zero-order valence-electron chi connectivity index (χ0n) is 17.1. The number of nitrogen functional groups attached to an aromatic ring is 1. The van der Waals surface area contributed by atoms with Crippen molar-refractivity contribution >= 4 is 23.5 Å². The van der Waals surface area contributed by atoms with E-state index in [4.69, 9.17) is 15.2 Å². The lowest BCUT2D eigenvalue weighted by Gasteiger charge is -2.17. The molecule has 0 aliphatic heterocycles. The third-order valence-electron chi connectivity index (χ3n) is 4.42. The van der Waals surface area contributed by atoms with Gasteiger partial charge in [-0.15, -0.1) is 0 Å². The van der Waals surface area contributed by atoms with E-state index in [9.17, 15) is 14.4 Å². The molecule has 0 radical (unpaired) electrons. The van der Waals surface area contributed by atoms with Crippen molar-refractivity contribution in [3.8, 4) is 0 Å². The van der Waals surface area contributed by atoms with Gasteiger partial charge in [0.15, 0.2) is 5.78 Å². The molecule has 7 nitrogen and oxygen atoms in total. The number of unbranched alkanes of at least 4 members (excludes halogenated alkanes) is 1. The molecule has 1 unspecified atom stereocenters. The number of amides is 1. The molecule has 30 heavy (non-hydrogen) atoms. The molecule has 0 heterocycles. The minimum Gasteiger partial charge on any atom is -0.464 e. The van der Waals surface area contributed by atoms with E-state index < -0.39 is 18.1 Å². The highest BCUT2D eigenvalue weighted by atomic mass is 16.6. The Hall–Kier alpha value is -3.35. The van der Waals surface area contributed by atoms with Gasteiger partial charge in [0.2, 0.25) is 0 Å². The van der Waals surface area contributed by atoms with Gasteiger partial charge < -0.3 is 20.5 Å². The highest BCUT2D eigenvalue weighted by Gasteiger charge is 2.24. The van der Waals surface area contributed by atoms with Crippen LogP contribution in [0.15, 0.2) is 54.6 Å². The molecule has 0 aliphatic rings. The summed E-state index contributed by atoms with van der Waals surface area (Å²) in [6.07, 6.45) is 1.03. The molecule has 2 aromatic rings. The molecular formula is C23H28N2O5. The number of benzene rings is 2. The number of Topliss-reactive ketones (excluding diaryl/α,β-unsaturated/α-hetero) is 1. The van der Waals surface area contributed by atoms with Gasteiger partial charge in [0.1, 0.15) is 12.6 Å². The van der Waals surface area contributed by atoms with Gasteiger partial charge in [-0.1, -0.05) is 43.7 Å². The van der Waals surface area contributed by atoms with E-state index in [0.717, 1.165) is 18.4 Å². The summed E-state index contributed by atoms with van der Waals surface area (Å²) < 4.78 is 10.4. The second kappa shape index (κ2) is 12.3. The van der Waals surface area contributed by atoms with Crippen molar-refractivity contribution in [1.82, 2.24) is 5.32 Å². The molecule has 2 rings (SSSR count). The Balaban J connectivity index is 1.93. The molecule has 7 heteroatoms. The molecule has 0 aliphatic carbocycles. The molecule has 0 spiro atoms. The van der Waals surface area contributed by atoms with Gasteiger partial charge in [0, 0.05) is 17.7 Å². The number of ether oxygens (including phenoxy) is 2. The van der Waals surface area contributed by atoms with Crippen molar-refractivity contribution in [2.75, 3.05) is 12.3 Å². The summed E-state index contributed by atoms with van der Waals surface area (Å²) in [5.74, 6) is -0.731. The zero-order chi connectivity index (χ0) is 21.8. The molecule has 0 saturated heterocycles. The number of carbonyl (C=O) groups excluding carboxylic acids is 3. The Bertz CT molecular complexity index is 821. The number of hydrogen-bond acceptors (Lipinski definition) is 6. The lowest BCUT2D eigenvalue weighted by atomic mass is 10.0. The number of ketones is 1. The van der Waals surface area contributed by atoms with Crippen LogP contribution < -0.4 is 11.1 Å². The van der Waals surface area contributed by atoms with Crippen molar-refractivity contribution in [3.05, 3.63) is 65.7 Å². The van der Waals surface area contributed by atoms with Gasteiger partial charge >= 0.3 is 12.1 Å². The Morgan fingerprint density at radius 3 is 2.37 bits per heavy atom. The van der Waals surface area contributed by atoms with Crippen LogP contribution in [0.3, 0.4) is 0 Å². The van der Waals surface area contributed by atoms with E-state index in [1.807, 2.05) is 37.3 Å². The third kappa shape index (κ3) is 7.95. The molecule has 0 fully saturated rings. The molecule has 1 amide bonds. The summed E-state index contributed by atoms with van der Waals surface area (Å²) in [7, 11) is 0. The average molecular weight is 412 g/mol. The SMILES string of the molecule is CCCCOC(=O)C(CCC(=O)c1ccc(N)cc1)NC(=O)OCc1ccccc1. The molecule has 1 atom stereocenters. The van der Waals surface area contributed by atoms with E-state index in [1.54, 1.807) is 24.3 Å². The van der Waals surface area contributed by atoms with Crippen LogP contribution in [0.1, 0.15) is 48.5 Å². The number of rotatable bonds is 11. The summed E-state index contributed by atoms with van der Waals surface area (Å²) in [6, 6.07) is 14.8. The van der Waals surface area contributed by atoms with Gasteiger partial charge in [-0.25, -0.2) is 9.59 Å². The smallest absolute Gasteiger partial charge is 0.408 e. The second-order valence-corrected chi connectivity index (χ2v) is 6.86. The van der Waals surface area contributed by atoms with Crippen molar-refractivity contribution in [2.45, 2.75) is 45.3 Å². The summed E-state index contributed by atoms with van der Waals surface area (Å²) in [4.78, 5) is 37.0. The number of nitrogens with one attached hydrogen (secondary N) is 1. The van der Waals surface area contributed by atoms with Crippen molar-refractivity contribution < 1.29 is 23.9 Å². The first kappa shape index (κ1) is 22.9. The van der Waals surface area contributed by atoms with Crippen LogP contribution in [0, 0.1) is 0 Å². The Morgan fingerprint density at radius 1 is 1.00 bits per heavy atom. The fourth-order valence-corrected chi connectivity index (χ4v) is 2.66. The minimum atomic E-state index is -0.970. The van der Waals surface area contributed by atoms with Crippen molar-refractivity contribution in [2.24, 2.45) is 0 Å². The van der Waals surface area contributed by atoms with Gasteiger partial charge in [0.05, 0.1) is 6.61 Å². The first-order valence-corrected chi connectivity index (χ1v) is 10.0. The minimum absolute atomic E-state index is 0.0659. The fourth-order valence-electron chi connectivity index (χ4n) is 2.66. The van der Waals surface area contributed by atoms with Gasteiger partial charge in [0.25, 0.3) is 0 Å². The average Bonchev–Trinajstić information content (AvgIpc) is 2.76. The highest BCUT2D eigenvalue weighted by Crippen LogP contribution is 2.11. The third-order valence-corrected chi connectivity index (χ3v) is 4.42. The van der Waals surface area contributed by atoms with E-state index in [0.29, 0.717) is 11.3 Å². The van der Waals surface area contributed by atoms with Crippen molar-refractivity contribution in [1.29, 1.82) is 0 Å². The predicted octanol–water partition coefficient (Wildman–Crippen LogP) is 3.87. The van der Waals surface area contributed by atoms with E-state index >= 15 is 0 Å². The van der Waals surface area contributed by atoms with Crippen LogP contribution in [-0.2, 0) is 20.9 Å². The molecular weight excluding hydrogens is 384 g/mol. The highest BCUT2D eigenvalue weighted by molar-refractivity contribution is 5.96. The summed E-state index contributed by atoms with van der Waals surface area (Å²) >= 11 is 0. The molecule has 0 saturated carbocycles. The van der Waals surface area contributed by atoms with Crippen LogP contribution in [-0.4, -0.2) is 30.5 Å². The van der Waals surface area contributed by atoms with Crippen LogP contribution in [0.5, 0.6) is 0 Å². The summed E-state index contributed by atoms with van der Waals surface area (Å²) in [5, 5.41) is 2.52. The first-order chi connectivity index (χ1) is 14.5. The standard InChI is InChI=1S/C23H28N2O5/c1-2-3-15-29-22(27)20(13-14-21(26)18-9-11-19(24)12-10-18)25-23(28)30-16-17-7-5-4-6-8-17/h4-12,20H,2-3,13-16,24H2,1H3,(H,25,28). The number of nitrogens with two attached hydrogens (primary N) is 1. The van der Waals surface area contributed by atoms with Gasteiger partial charge in [-0.2, -0.15) is 0 Å². The molecule has 2 aromatic carbocycles. The summed E-state index contributed by atoms with van der Waals surface area (Å²) in [5.41, 5.74) is 7.52. The largest absolute Gasteiger partial charge is 0.464 e. The number of esters is 1. The Kier molecular flexibility index (Phi) is 9.37.